The van der Waals surface area contributed by atoms with Gasteiger partial charge in [0.2, 0.25) is 0 Å². The highest BCUT2D eigenvalue weighted by Crippen LogP contribution is 2.05. The van der Waals surface area contributed by atoms with E-state index in [0.717, 1.165) is 52.0 Å². The maximum Gasteiger partial charge on any atom is 0.303 e. The number of piperazine rings is 1. The van der Waals surface area contributed by atoms with Crippen LogP contribution in [0.15, 0.2) is 0 Å². The quantitative estimate of drug-likeness (QED) is 0.640. The smallest absolute Gasteiger partial charge is 0.303 e. The molecular weight excluding hydrogens is 192 g/mol. The van der Waals surface area contributed by atoms with Crippen LogP contribution in [0, 0.1) is 0 Å². The summed E-state index contributed by atoms with van der Waals surface area (Å²) in [5, 5.41) is 12.8. The highest BCUT2D eigenvalue weighted by molar-refractivity contribution is 5.66. The van der Waals surface area contributed by atoms with E-state index in [0.29, 0.717) is 6.42 Å². The Morgan fingerprint density at radius 2 is 1.80 bits per heavy atom. The molecule has 1 radical (unpaired) electrons. The van der Waals surface area contributed by atoms with Gasteiger partial charge in [-0.25, -0.2) is 5.32 Å². The normalized spacial score (nSPS) is 17.9. The summed E-state index contributed by atoms with van der Waals surface area (Å²) >= 11 is 0. The fourth-order valence-corrected chi connectivity index (χ4v) is 1.84. The van der Waals surface area contributed by atoms with Crippen LogP contribution in [0.1, 0.15) is 32.1 Å². The molecule has 1 aliphatic rings. The molecule has 4 nitrogen and oxygen atoms in total. The van der Waals surface area contributed by atoms with Crippen LogP contribution >= 0.6 is 0 Å². The van der Waals surface area contributed by atoms with Crippen molar-refractivity contribution in [3.05, 3.63) is 0 Å². The largest absolute Gasteiger partial charge is 0.481 e. The second-order valence-corrected chi connectivity index (χ2v) is 4.07. The first-order valence-electron chi connectivity index (χ1n) is 5.86. The number of rotatable bonds is 7. The van der Waals surface area contributed by atoms with Gasteiger partial charge in [0.15, 0.2) is 0 Å². The zero-order chi connectivity index (χ0) is 10.9. The van der Waals surface area contributed by atoms with Gasteiger partial charge in [0, 0.05) is 32.6 Å². The molecule has 0 aliphatic carbocycles. The van der Waals surface area contributed by atoms with Crippen LogP contribution in [-0.4, -0.2) is 48.7 Å². The Hall–Kier alpha value is -0.610. The summed E-state index contributed by atoms with van der Waals surface area (Å²) in [6.45, 7) is 5.34. The fraction of sp³-hybridized carbons (Fsp3) is 0.909. The Morgan fingerprint density at radius 1 is 1.13 bits per heavy atom. The van der Waals surface area contributed by atoms with Gasteiger partial charge in [0.1, 0.15) is 0 Å². The van der Waals surface area contributed by atoms with Crippen molar-refractivity contribution >= 4 is 5.97 Å². The molecule has 0 aromatic rings. The van der Waals surface area contributed by atoms with Crippen LogP contribution < -0.4 is 5.32 Å². The molecule has 0 aromatic carbocycles. The van der Waals surface area contributed by atoms with Gasteiger partial charge < -0.3 is 10.0 Å². The van der Waals surface area contributed by atoms with Gasteiger partial charge in [-0.2, -0.15) is 0 Å². The molecule has 1 rings (SSSR count). The molecule has 0 bridgehead atoms. The van der Waals surface area contributed by atoms with Crippen molar-refractivity contribution in [2.45, 2.75) is 32.1 Å². The van der Waals surface area contributed by atoms with E-state index >= 15 is 0 Å². The van der Waals surface area contributed by atoms with Crippen LogP contribution in [-0.2, 0) is 4.79 Å². The van der Waals surface area contributed by atoms with Crippen LogP contribution in [0.3, 0.4) is 0 Å². The monoisotopic (exact) mass is 213 g/mol. The van der Waals surface area contributed by atoms with Crippen molar-refractivity contribution in [1.82, 2.24) is 10.2 Å². The Balaban J connectivity index is 1.85. The van der Waals surface area contributed by atoms with Crippen LogP contribution in [0.5, 0.6) is 0 Å². The number of hydrogen-bond donors (Lipinski definition) is 1. The van der Waals surface area contributed by atoms with E-state index in [-0.39, 0.29) is 0 Å². The highest BCUT2D eigenvalue weighted by Gasteiger charge is 2.08. The van der Waals surface area contributed by atoms with Crippen LogP contribution in [0.2, 0.25) is 0 Å². The zero-order valence-electron chi connectivity index (χ0n) is 9.32. The Labute approximate surface area is 91.6 Å². The summed E-state index contributed by atoms with van der Waals surface area (Å²) in [7, 11) is 0. The molecule has 87 valence electrons. The summed E-state index contributed by atoms with van der Waals surface area (Å²) in [5.74, 6) is -0.673. The zero-order valence-corrected chi connectivity index (χ0v) is 9.32. The van der Waals surface area contributed by atoms with E-state index in [9.17, 15) is 4.79 Å². The molecule has 0 amide bonds. The first kappa shape index (κ1) is 12.5. The number of nitrogens with zero attached hydrogens (tertiary/aromatic N) is 2. The van der Waals surface area contributed by atoms with E-state index < -0.39 is 5.97 Å². The molecule has 1 aliphatic heterocycles. The predicted octanol–water partition coefficient (Wildman–Crippen LogP) is 0.942. The first-order chi connectivity index (χ1) is 7.29. The van der Waals surface area contributed by atoms with Gasteiger partial charge in [-0.1, -0.05) is 12.8 Å². The van der Waals surface area contributed by atoms with E-state index in [2.05, 4.69) is 10.2 Å². The van der Waals surface area contributed by atoms with Crippen molar-refractivity contribution in [2.75, 3.05) is 32.7 Å². The molecular formula is C11H21N2O2. The van der Waals surface area contributed by atoms with Crippen molar-refractivity contribution in [3.8, 4) is 0 Å². The van der Waals surface area contributed by atoms with Gasteiger partial charge in [-0.15, -0.1) is 0 Å². The molecule has 1 saturated heterocycles. The van der Waals surface area contributed by atoms with Gasteiger partial charge >= 0.3 is 5.97 Å². The molecule has 1 heterocycles. The maximum absolute atomic E-state index is 10.3. The summed E-state index contributed by atoms with van der Waals surface area (Å²) in [4.78, 5) is 12.7. The molecule has 15 heavy (non-hydrogen) atoms. The minimum Gasteiger partial charge on any atom is -0.481 e. The lowest BCUT2D eigenvalue weighted by Gasteiger charge is -2.25. The van der Waals surface area contributed by atoms with Crippen molar-refractivity contribution < 1.29 is 9.90 Å². The van der Waals surface area contributed by atoms with E-state index in [1.807, 2.05) is 0 Å². The molecule has 0 atom stereocenters. The summed E-state index contributed by atoms with van der Waals surface area (Å²) < 4.78 is 0. The van der Waals surface area contributed by atoms with Crippen LogP contribution in [0.4, 0.5) is 0 Å². The van der Waals surface area contributed by atoms with E-state index in [1.165, 1.54) is 6.42 Å². The minimum absolute atomic E-state index is 0.322. The molecule has 4 heteroatoms. The standard InChI is InChI=1S/C11H21N2O2/c14-11(15)5-3-1-2-4-8-13-9-6-12-7-10-13/h1-10H2,(H,14,15). The van der Waals surface area contributed by atoms with Crippen molar-refractivity contribution in [1.29, 1.82) is 0 Å². The lowest BCUT2D eigenvalue weighted by molar-refractivity contribution is -0.137. The molecule has 0 spiro atoms. The Kier molecular flexibility index (Phi) is 6.36. The SMILES string of the molecule is O=C(O)CCCCCCN1CC[N]CC1. The molecule has 1 N–H and O–H groups in total. The summed E-state index contributed by atoms with van der Waals surface area (Å²) in [6.07, 6.45) is 4.54. The van der Waals surface area contributed by atoms with E-state index in [4.69, 9.17) is 5.11 Å². The molecule has 0 unspecified atom stereocenters. The first-order valence-corrected chi connectivity index (χ1v) is 5.86. The van der Waals surface area contributed by atoms with Gasteiger partial charge in [0.05, 0.1) is 0 Å². The van der Waals surface area contributed by atoms with Crippen LogP contribution in [0.25, 0.3) is 0 Å². The van der Waals surface area contributed by atoms with Gasteiger partial charge in [-0.3, -0.25) is 4.79 Å². The Bertz CT molecular complexity index is 179. The number of carboxylic acids is 1. The number of hydrogen-bond acceptors (Lipinski definition) is 2. The maximum atomic E-state index is 10.3. The number of carbonyl (C=O) groups is 1. The Morgan fingerprint density at radius 3 is 2.47 bits per heavy atom. The fourth-order valence-electron chi connectivity index (χ4n) is 1.84. The number of carboxylic acid groups (broad SMARTS) is 1. The number of unbranched alkanes of at least 4 members (excludes halogenated alkanes) is 3. The van der Waals surface area contributed by atoms with E-state index in [1.54, 1.807) is 0 Å². The minimum atomic E-state index is -0.673. The third kappa shape index (κ3) is 6.47. The second kappa shape index (κ2) is 7.65. The van der Waals surface area contributed by atoms with Crippen molar-refractivity contribution in [2.24, 2.45) is 0 Å². The number of aliphatic carboxylic acids is 1. The third-order valence-electron chi connectivity index (χ3n) is 2.76. The van der Waals surface area contributed by atoms with Crippen molar-refractivity contribution in [3.63, 3.8) is 0 Å². The summed E-state index contributed by atoms with van der Waals surface area (Å²) in [5.41, 5.74) is 0. The molecule has 1 fully saturated rings. The lowest BCUT2D eigenvalue weighted by atomic mass is 10.1. The van der Waals surface area contributed by atoms with Gasteiger partial charge in [0.25, 0.3) is 0 Å². The third-order valence-corrected chi connectivity index (χ3v) is 2.76. The predicted molar refractivity (Wildman–Crippen MR) is 59.0 cm³/mol. The molecule has 0 aromatic heterocycles. The van der Waals surface area contributed by atoms with Gasteiger partial charge in [-0.05, 0) is 19.4 Å². The average molecular weight is 213 g/mol. The topological polar surface area (TPSA) is 54.6 Å². The average Bonchev–Trinajstić information content (AvgIpc) is 2.24. The lowest BCUT2D eigenvalue weighted by Crippen LogP contribution is -2.40. The molecule has 0 saturated carbocycles. The summed E-state index contributed by atoms with van der Waals surface area (Å²) in [6, 6.07) is 0. The second-order valence-electron chi connectivity index (χ2n) is 4.07. The highest BCUT2D eigenvalue weighted by atomic mass is 16.4.